The number of nitrogens with zero attached hydrogens (tertiary/aromatic N) is 2. The lowest BCUT2D eigenvalue weighted by atomic mass is 10.3. The molecule has 0 aliphatic rings. The van der Waals surface area contributed by atoms with Gasteiger partial charge in [-0.3, -0.25) is 0 Å². The summed E-state index contributed by atoms with van der Waals surface area (Å²) in [6.07, 6.45) is 6.34. The van der Waals surface area contributed by atoms with Crippen molar-refractivity contribution in [3.05, 3.63) is 12.3 Å². The van der Waals surface area contributed by atoms with E-state index in [1.807, 2.05) is 25.6 Å². The van der Waals surface area contributed by atoms with Gasteiger partial charge >= 0.3 is 0 Å². The van der Waals surface area contributed by atoms with Crippen LogP contribution in [-0.2, 0) is 0 Å². The molecule has 0 radical (unpaired) electrons. The number of ether oxygens (including phenoxy) is 1. The van der Waals surface area contributed by atoms with E-state index in [1.54, 1.807) is 12.3 Å². The third kappa shape index (κ3) is 6.36. The predicted molar refractivity (Wildman–Crippen MR) is 73.9 cm³/mol. The fourth-order valence-electron chi connectivity index (χ4n) is 1.31. The van der Waals surface area contributed by atoms with E-state index in [4.69, 9.17) is 4.74 Å². The molecule has 0 aliphatic carbocycles. The lowest BCUT2D eigenvalue weighted by Gasteiger charge is -2.09. The van der Waals surface area contributed by atoms with Crippen molar-refractivity contribution in [1.29, 1.82) is 0 Å². The molecule has 0 saturated carbocycles. The molecule has 0 amide bonds. The molecule has 1 heterocycles. The van der Waals surface area contributed by atoms with Crippen molar-refractivity contribution < 1.29 is 4.74 Å². The molecule has 0 spiro atoms. The number of aromatic nitrogens is 2. The number of unbranched alkanes of at least 4 members (excludes halogenated alkanes) is 1. The second kappa shape index (κ2) is 8.17. The molecular weight excluding hydrogens is 234 g/mol. The van der Waals surface area contributed by atoms with Gasteiger partial charge in [0.2, 0.25) is 11.8 Å². The van der Waals surface area contributed by atoms with Gasteiger partial charge in [-0.15, -0.1) is 0 Å². The average molecular weight is 255 g/mol. The summed E-state index contributed by atoms with van der Waals surface area (Å²) in [5.74, 6) is 2.48. The van der Waals surface area contributed by atoms with Crippen LogP contribution in [0.5, 0.6) is 5.88 Å². The summed E-state index contributed by atoms with van der Waals surface area (Å²) in [6.45, 7) is 4.88. The largest absolute Gasteiger partial charge is 0.475 e. The third-order valence-corrected chi connectivity index (χ3v) is 2.74. The molecule has 96 valence electrons. The standard InChI is InChI=1S/C12H21N3OS/c1-10(2)16-11-6-8-14-12(15-11)13-7-4-5-9-17-3/h6,8,10H,4-5,7,9H2,1-3H3,(H,13,14,15). The highest BCUT2D eigenvalue weighted by Crippen LogP contribution is 2.10. The lowest BCUT2D eigenvalue weighted by molar-refractivity contribution is 0.232. The van der Waals surface area contributed by atoms with Crippen LogP contribution in [0.1, 0.15) is 26.7 Å². The smallest absolute Gasteiger partial charge is 0.225 e. The number of anilines is 1. The first-order valence-electron chi connectivity index (χ1n) is 5.95. The summed E-state index contributed by atoms with van der Waals surface area (Å²) in [4.78, 5) is 8.44. The summed E-state index contributed by atoms with van der Waals surface area (Å²) in [5, 5.41) is 3.21. The summed E-state index contributed by atoms with van der Waals surface area (Å²) < 4.78 is 5.51. The number of thioether (sulfide) groups is 1. The van der Waals surface area contributed by atoms with Gasteiger partial charge in [-0.2, -0.15) is 16.7 Å². The van der Waals surface area contributed by atoms with Crippen LogP contribution >= 0.6 is 11.8 Å². The molecule has 0 aliphatic heterocycles. The Bertz CT molecular complexity index is 320. The first kappa shape index (κ1) is 14.1. The van der Waals surface area contributed by atoms with E-state index in [-0.39, 0.29) is 6.10 Å². The van der Waals surface area contributed by atoms with Crippen molar-refractivity contribution in [2.75, 3.05) is 23.9 Å². The number of nitrogens with one attached hydrogen (secondary N) is 1. The molecule has 1 aromatic heterocycles. The van der Waals surface area contributed by atoms with Gasteiger partial charge in [0.15, 0.2) is 0 Å². The van der Waals surface area contributed by atoms with E-state index >= 15 is 0 Å². The summed E-state index contributed by atoms with van der Waals surface area (Å²) in [6, 6.07) is 1.78. The maximum absolute atomic E-state index is 5.51. The fraction of sp³-hybridized carbons (Fsp3) is 0.667. The van der Waals surface area contributed by atoms with Gasteiger partial charge in [-0.1, -0.05) is 0 Å². The maximum atomic E-state index is 5.51. The van der Waals surface area contributed by atoms with Crippen LogP contribution in [0, 0.1) is 0 Å². The van der Waals surface area contributed by atoms with E-state index in [1.165, 1.54) is 12.2 Å². The van der Waals surface area contributed by atoms with Crippen LogP contribution in [0.2, 0.25) is 0 Å². The Labute approximate surface area is 108 Å². The third-order valence-electron chi connectivity index (χ3n) is 2.04. The Hall–Kier alpha value is -0.970. The lowest BCUT2D eigenvalue weighted by Crippen LogP contribution is -2.10. The summed E-state index contributed by atoms with van der Waals surface area (Å²) >= 11 is 1.88. The minimum absolute atomic E-state index is 0.138. The van der Waals surface area contributed by atoms with E-state index in [9.17, 15) is 0 Å². The monoisotopic (exact) mass is 255 g/mol. The molecule has 1 rings (SSSR count). The molecule has 5 heteroatoms. The molecule has 0 unspecified atom stereocenters. The molecule has 1 aromatic rings. The van der Waals surface area contributed by atoms with Crippen LogP contribution < -0.4 is 10.1 Å². The topological polar surface area (TPSA) is 47.0 Å². The highest BCUT2D eigenvalue weighted by molar-refractivity contribution is 7.98. The van der Waals surface area contributed by atoms with Gasteiger partial charge < -0.3 is 10.1 Å². The Morgan fingerprint density at radius 2 is 2.24 bits per heavy atom. The van der Waals surface area contributed by atoms with Crippen LogP contribution in [0.4, 0.5) is 5.95 Å². The molecule has 0 fully saturated rings. The Kier molecular flexibility index (Phi) is 6.77. The van der Waals surface area contributed by atoms with Crippen molar-refractivity contribution in [1.82, 2.24) is 9.97 Å². The van der Waals surface area contributed by atoms with Gasteiger partial charge in [0.1, 0.15) is 0 Å². The van der Waals surface area contributed by atoms with Crippen LogP contribution in [0.25, 0.3) is 0 Å². The van der Waals surface area contributed by atoms with Gasteiger partial charge in [0, 0.05) is 18.8 Å². The molecule has 0 atom stereocenters. The normalized spacial score (nSPS) is 10.6. The van der Waals surface area contributed by atoms with Crippen LogP contribution in [0.15, 0.2) is 12.3 Å². The first-order valence-corrected chi connectivity index (χ1v) is 7.34. The van der Waals surface area contributed by atoms with Crippen LogP contribution in [-0.4, -0.2) is 34.6 Å². The van der Waals surface area contributed by atoms with E-state index in [2.05, 4.69) is 21.5 Å². The number of hydrogen-bond acceptors (Lipinski definition) is 5. The highest BCUT2D eigenvalue weighted by Gasteiger charge is 2.01. The molecule has 0 aromatic carbocycles. The average Bonchev–Trinajstić information content (AvgIpc) is 2.28. The molecule has 0 saturated heterocycles. The Balaban J connectivity index is 2.32. The fourth-order valence-corrected chi connectivity index (χ4v) is 1.80. The summed E-state index contributed by atoms with van der Waals surface area (Å²) in [7, 11) is 0. The van der Waals surface area contributed by atoms with Gasteiger partial charge in [-0.25, -0.2) is 4.98 Å². The zero-order chi connectivity index (χ0) is 12.5. The van der Waals surface area contributed by atoms with Crippen LogP contribution in [0.3, 0.4) is 0 Å². The number of rotatable bonds is 8. The highest BCUT2D eigenvalue weighted by atomic mass is 32.2. The first-order chi connectivity index (χ1) is 8.22. The predicted octanol–water partition coefficient (Wildman–Crippen LogP) is 2.82. The zero-order valence-corrected chi connectivity index (χ0v) is 11.6. The van der Waals surface area contributed by atoms with E-state index in [0.717, 1.165) is 13.0 Å². The Morgan fingerprint density at radius 1 is 1.41 bits per heavy atom. The van der Waals surface area contributed by atoms with Crippen molar-refractivity contribution in [3.63, 3.8) is 0 Å². The van der Waals surface area contributed by atoms with Crippen molar-refractivity contribution in [3.8, 4) is 5.88 Å². The maximum Gasteiger partial charge on any atom is 0.225 e. The second-order valence-corrected chi connectivity index (χ2v) is 5.00. The van der Waals surface area contributed by atoms with Crippen molar-refractivity contribution in [2.45, 2.75) is 32.8 Å². The number of hydrogen-bond donors (Lipinski definition) is 1. The van der Waals surface area contributed by atoms with Gasteiger partial charge in [0.05, 0.1) is 6.10 Å². The molecular formula is C12H21N3OS. The molecule has 17 heavy (non-hydrogen) atoms. The van der Waals surface area contributed by atoms with Gasteiger partial charge in [0.25, 0.3) is 0 Å². The Morgan fingerprint density at radius 3 is 2.94 bits per heavy atom. The molecule has 1 N–H and O–H groups in total. The SMILES string of the molecule is CSCCCCNc1nccc(OC(C)C)n1. The second-order valence-electron chi connectivity index (χ2n) is 4.01. The van der Waals surface area contributed by atoms with E-state index in [0.29, 0.717) is 11.8 Å². The molecule has 4 nitrogen and oxygen atoms in total. The summed E-state index contributed by atoms with van der Waals surface area (Å²) in [5.41, 5.74) is 0. The quantitative estimate of drug-likeness (QED) is 0.724. The van der Waals surface area contributed by atoms with Crippen molar-refractivity contribution in [2.24, 2.45) is 0 Å². The zero-order valence-electron chi connectivity index (χ0n) is 10.8. The van der Waals surface area contributed by atoms with Gasteiger partial charge in [-0.05, 0) is 38.7 Å². The minimum Gasteiger partial charge on any atom is -0.475 e. The van der Waals surface area contributed by atoms with Crippen molar-refractivity contribution >= 4 is 17.7 Å². The molecule has 0 bridgehead atoms. The van der Waals surface area contributed by atoms with E-state index < -0.39 is 0 Å². The minimum atomic E-state index is 0.138.